The smallest absolute Gasteiger partial charge is 0.222 e. The van der Waals surface area contributed by atoms with Crippen LogP contribution in [0.1, 0.15) is 26.0 Å². The lowest BCUT2D eigenvalue weighted by atomic mass is 10.4. The van der Waals surface area contributed by atoms with Gasteiger partial charge in [0.05, 0.1) is 11.9 Å². The van der Waals surface area contributed by atoms with E-state index in [1.54, 1.807) is 13.2 Å². The fourth-order valence-electron chi connectivity index (χ4n) is 1.30. The van der Waals surface area contributed by atoms with Gasteiger partial charge in [0.25, 0.3) is 0 Å². The van der Waals surface area contributed by atoms with Gasteiger partial charge in [-0.1, -0.05) is 26.3 Å². The van der Waals surface area contributed by atoms with Crippen molar-refractivity contribution in [3.63, 3.8) is 0 Å². The van der Waals surface area contributed by atoms with E-state index in [0.717, 1.165) is 5.69 Å². The molecule has 6 heteroatoms. The average Bonchev–Trinajstić information content (AvgIpc) is 2.47. The van der Waals surface area contributed by atoms with Gasteiger partial charge in [0.2, 0.25) is 5.95 Å². The molecule has 0 spiro atoms. The van der Waals surface area contributed by atoms with Gasteiger partial charge in [-0.25, -0.2) is 4.98 Å². The molecule has 0 radical (unpaired) electrons. The Morgan fingerprint density at radius 1 is 1.25 bits per heavy atom. The van der Waals surface area contributed by atoms with Crippen LogP contribution in [0.15, 0.2) is 30.6 Å². The number of hydrogen-bond donors (Lipinski definition) is 2. The predicted octanol–water partition coefficient (Wildman–Crippen LogP) is 2.49. The zero-order chi connectivity index (χ0) is 14.8. The summed E-state index contributed by atoms with van der Waals surface area (Å²) in [6.45, 7) is 4.61. The first-order valence-corrected chi connectivity index (χ1v) is 6.54. The van der Waals surface area contributed by atoms with E-state index in [4.69, 9.17) is 10.5 Å². The second-order valence-electron chi connectivity index (χ2n) is 4.01. The predicted molar refractivity (Wildman–Crippen MR) is 80.5 cm³/mol. The van der Waals surface area contributed by atoms with Gasteiger partial charge in [0, 0.05) is 13.2 Å². The van der Waals surface area contributed by atoms with Crippen molar-refractivity contribution < 1.29 is 4.74 Å². The number of ether oxygens (including phenoxy) is 1. The molecule has 0 unspecified atom stereocenters. The van der Waals surface area contributed by atoms with Crippen LogP contribution >= 0.6 is 0 Å². The van der Waals surface area contributed by atoms with Crippen LogP contribution in [0.25, 0.3) is 0 Å². The summed E-state index contributed by atoms with van der Waals surface area (Å²) in [4.78, 5) is 12.1. The number of nitrogens with zero attached hydrogens (tertiary/aromatic N) is 3. The molecule has 3 N–H and O–H groups in total. The van der Waals surface area contributed by atoms with Gasteiger partial charge in [-0.15, -0.1) is 0 Å². The van der Waals surface area contributed by atoms with Gasteiger partial charge in [0.1, 0.15) is 6.61 Å². The second-order valence-corrected chi connectivity index (χ2v) is 4.01. The molecule has 6 nitrogen and oxygen atoms in total. The third kappa shape index (κ3) is 5.09. The molecule has 0 aliphatic rings. The highest BCUT2D eigenvalue weighted by Crippen LogP contribution is 2.21. The summed E-state index contributed by atoms with van der Waals surface area (Å²) < 4.78 is 5.56. The van der Waals surface area contributed by atoms with Crippen LogP contribution in [0, 0.1) is 0 Å². The highest BCUT2D eigenvalue weighted by Gasteiger charge is 2.05. The van der Waals surface area contributed by atoms with E-state index < -0.39 is 0 Å². The lowest BCUT2D eigenvalue weighted by molar-refractivity contribution is 0.300. The van der Waals surface area contributed by atoms with Crippen molar-refractivity contribution in [3.8, 4) is 5.75 Å². The van der Waals surface area contributed by atoms with Crippen LogP contribution in [0.3, 0.4) is 0 Å². The van der Waals surface area contributed by atoms with Crippen LogP contribution in [0.4, 0.5) is 11.8 Å². The van der Waals surface area contributed by atoms with Crippen molar-refractivity contribution in [3.05, 3.63) is 36.3 Å². The van der Waals surface area contributed by atoms with Crippen LogP contribution in [0.5, 0.6) is 5.75 Å². The quantitative estimate of drug-likeness (QED) is 0.891. The summed E-state index contributed by atoms with van der Waals surface area (Å²) in [5.74, 6) is 1.32. The lowest BCUT2D eigenvalue weighted by Gasteiger charge is -2.09. The van der Waals surface area contributed by atoms with Crippen molar-refractivity contribution >= 4 is 11.8 Å². The number of anilines is 2. The third-order valence-electron chi connectivity index (χ3n) is 2.11. The number of pyridine rings is 1. The van der Waals surface area contributed by atoms with Gasteiger partial charge in [-0.05, 0) is 12.1 Å². The molecule has 0 bridgehead atoms. The zero-order valence-corrected chi connectivity index (χ0v) is 12.1. The Labute approximate surface area is 119 Å². The molecule has 0 saturated carbocycles. The third-order valence-corrected chi connectivity index (χ3v) is 2.11. The molecule has 20 heavy (non-hydrogen) atoms. The Bertz CT molecular complexity index is 504. The van der Waals surface area contributed by atoms with E-state index in [2.05, 4.69) is 34.1 Å². The standard InChI is InChI=1S/C11H13N5O.C3H8/c1-13-10-9(6-15-11(12)16-10)17-7-8-4-2-3-5-14-8;1-3-2/h2-6H,7H2,1H3,(H3,12,13,15,16);3H2,1-2H3. The van der Waals surface area contributed by atoms with Crippen LogP contribution in [0.2, 0.25) is 0 Å². The average molecular weight is 275 g/mol. The molecule has 0 atom stereocenters. The molecular formula is C14H21N5O. The molecule has 2 heterocycles. The van der Waals surface area contributed by atoms with E-state index in [9.17, 15) is 0 Å². The van der Waals surface area contributed by atoms with Crippen molar-refractivity contribution in [2.45, 2.75) is 26.9 Å². The van der Waals surface area contributed by atoms with Crippen LogP contribution in [-0.4, -0.2) is 22.0 Å². The lowest BCUT2D eigenvalue weighted by Crippen LogP contribution is -2.05. The molecule has 0 aromatic carbocycles. The number of rotatable bonds is 4. The number of nitrogens with two attached hydrogens (primary N) is 1. The molecule has 108 valence electrons. The summed E-state index contributed by atoms with van der Waals surface area (Å²) in [6.07, 6.45) is 4.51. The molecule has 0 amide bonds. The Morgan fingerprint density at radius 2 is 2.00 bits per heavy atom. The minimum Gasteiger partial charge on any atom is -0.482 e. The summed E-state index contributed by atoms with van der Waals surface area (Å²) in [7, 11) is 1.75. The van der Waals surface area contributed by atoms with Gasteiger partial charge in [0.15, 0.2) is 11.6 Å². The summed E-state index contributed by atoms with van der Waals surface area (Å²) in [5, 5.41) is 2.90. The highest BCUT2D eigenvalue weighted by atomic mass is 16.5. The molecule has 2 rings (SSSR count). The number of aromatic nitrogens is 3. The largest absolute Gasteiger partial charge is 0.482 e. The van der Waals surface area contributed by atoms with Crippen LogP contribution in [-0.2, 0) is 6.61 Å². The Hall–Kier alpha value is -2.37. The molecule has 0 aliphatic heterocycles. The number of nitrogen functional groups attached to an aromatic ring is 1. The molecule has 2 aromatic rings. The minimum atomic E-state index is 0.208. The van der Waals surface area contributed by atoms with Gasteiger partial charge < -0.3 is 15.8 Å². The monoisotopic (exact) mass is 275 g/mol. The molecular weight excluding hydrogens is 254 g/mol. The molecule has 2 aromatic heterocycles. The second kappa shape index (κ2) is 8.68. The maximum atomic E-state index is 5.56. The summed E-state index contributed by atoms with van der Waals surface area (Å²) in [5.41, 5.74) is 6.32. The van der Waals surface area contributed by atoms with Crippen molar-refractivity contribution in [2.24, 2.45) is 0 Å². The minimum absolute atomic E-state index is 0.208. The maximum Gasteiger partial charge on any atom is 0.222 e. The maximum absolute atomic E-state index is 5.56. The van der Waals surface area contributed by atoms with Crippen molar-refractivity contribution in [1.82, 2.24) is 15.0 Å². The molecule has 0 aliphatic carbocycles. The summed E-state index contributed by atoms with van der Waals surface area (Å²) in [6, 6.07) is 5.65. The van der Waals surface area contributed by atoms with Gasteiger partial charge in [-0.3, -0.25) is 4.98 Å². The highest BCUT2D eigenvalue weighted by molar-refractivity contribution is 5.50. The fraction of sp³-hybridized carbons (Fsp3) is 0.357. The van der Waals surface area contributed by atoms with Crippen LogP contribution < -0.4 is 15.8 Å². The van der Waals surface area contributed by atoms with E-state index in [1.165, 1.54) is 12.6 Å². The zero-order valence-electron chi connectivity index (χ0n) is 12.1. The SMILES string of the molecule is CCC.CNc1nc(N)ncc1OCc1ccccn1. The summed E-state index contributed by atoms with van der Waals surface area (Å²) >= 11 is 0. The van der Waals surface area contributed by atoms with E-state index >= 15 is 0 Å². The van der Waals surface area contributed by atoms with E-state index in [1.807, 2.05) is 18.2 Å². The Balaban J connectivity index is 0.000000612. The van der Waals surface area contributed by atoms with Gasteiger partial charge in [-0.2, -0.15) is 4.98 Å². The first-order valence-electron chi connectivity index (χ1n) is 6.54. The van der Waals surface area contributed by atoms with Crippen molar-refractivity contribution in [2.75, 3.05) is 18.1 Å². The fourth-order valence-corrected chi connectivity index (χ4v) is 1.30. The first kappa shape index (κ1) is 15.7. The molecule has 0 fully saturated rings. The number of hydrogen-bond acceptors (Lipinski definition) is 6. The normalized spacial score (nSPS) is 9.35. The first-order chi connectivity index (χ1) is 9.71. The van der Waals surface area contributed by atoms with Gasteiger partial charge >= 0.3 is 0 Å². The topological polar surface area (TPSA) is 86.0 Å². The van der Waals surface area contributed by atoms with Crippen molar-refractivity contribution in [1.29, 1.82) is 0 Å². The number of nitrogens with one attached hydrogen (secondary N) is 1. The Morgan fingerprint density at radius 3 is 2.60 bits per heavy atom. The van der Waals surface area contributed by atoms with E-state index in [-0.39, 0.29) is 5.95 Å². The van der Waals surface area contributed by atoms with E-state index in [0.29, 0.717) is 18.2 Å². The molecule has 0 saturated heterocycles. The Kier molecular flexibility index (Phi) is 6.81.